The van der Waals surface area contributed by atoms with Crippen LogP contribution in [0.25, 0.3) is 0 Å². The Kier molecular flexibility index (Phi) is 4.67. The van der Waals surface area contributed by atoms with Crippen molar-refractivity contribution in [3.63, 3.8) is 0 Å². The molecular formula is C9H19IO2Si. The van der Waals surface area contributed by atoms with Gasteiger partial charge in [-0.05, 0) is 25.9 Å². The third-order valence-electron chi connectivity index (χ3n) is 2.55. The van der Waals surface area contributed by atoms with E-state index in [1.807, 2.05) is 0 Å². The first-order chi connectivity index (χ1) is 6.05. The van der Waals surface area contributed by atoms with Gasteiger partial charge in [-0.3, -0.25) is 0 Å². The molecule has 0 spiro atoms. The molecular weight excluding hydrogens is 295 g/mol. The van der Waals surface area contributed by atoms with Gasteiger partial charge in [0.05, 0.1) is 6.10 Å². The van der Waals surface area contributed by atoms with Gasteiger partial charge in [0.25, 0.3) is 0 Å². The van der Waals surface area contributed by atoms with E-state index in [0.29, 0.717) is 10.0 Å². The quantitative estimate of drug-likeness (QED) is 0.453. The zero-order valence-electron chi connectivity index (χ0n) is 8.68. The monoisotopic (exact) mass is 314 g/mol. The molecule has 0 aromatic heterocycles. The maximum atomic E-state index is 6.05. The molecule has 0 aromatic rings. The number of alkyl halides is 1. The van der Waals surface area contributed by atoms with Crippen molar-refractivity contribution in [1.29, 1.82) is 0 Å². The minimum absolute atomic E-state index is 0.441. The summed E-state index contributed by atoms with van der Waals surface area (Å²) in [4.78, 5) is 0. The van der Waals surface area contributed by atoms with Gasteiger partial charge in [-0.1, -0.05) is 35.4 Å². The Morgan fingerprint density at radius 3 is 2.38 bits per heavy atom. The molecule has 2 nitrogen and oxygen atoms in total. The first kappa shape index (κ1) is 11.9. The molecule has 4 heteroatoms. The average Bonchev–Trinajstić information content (AvgIpc) is 2.09. The minimum Gasteiger partial charge on any atom is -0.398 e. The predicted octanol–water partition coefficient (Wildman–Crippen LogP) is 3.10. The Labute approximate surface area is 95.8 Å². The fourth-order valence-electron chi connectivity index (χ4n) is 1.60. The van der Waals surface area contributed by atoms with E-state index in [2.05, 4.69) is 35.7 Å². The van der Waals surface area contributed by atoms with Crippen molar-refractivity contribution < 1.29 is 8.85 Å². The van der Waals surface area contributed by atoms with Gasteiger partial charge in [-0.2, -0.15) is 0 Å². The zero-order valence-corrected chi connectivity index (χ0v) is 11.8. The minimum atomic E-state index is -1.81. The summed E-state index contributed by atoms with van der Waals surface area (Å²) in [6, 6.07) is 0. The van der Waals surface area contributed by atoms with E-state index in [1.54, 1.807) is 7.11 Å². The van der Waals surface area contributed by atoms with Crippen molar-refractivity contribution in [3.05, 3.63) is 0 Å². The standard InChI is InChI=1S/C9H19IO2Si/c1-11-13(2,3)12-9-7-5-4-6-8(9)10/h8-9H,4-7H2,1-3H3/t8-,9-/m1/s1. The second kappa shape index (κ2) is 5.09. The van der Waals surface area contributed by atoms with Gasteiger partial charge >= 0.3 is 8.56 Å². The molecule has 0 heterocycles. The molecule has 1 fully saturated rings. The highest BCUT2D eigenvalue weighted by molar-refractivity contribution is 14.1. The van der Waals surface area contributed by atoms with Crippen molar-refractivity contribution in [1.82, 2.24) is 0 Å². The van der Waals surface area contributed by atoms with Crippen molar-refractivity contribution >= 4 is 31.2 Å². The Hall–Kier alpha value is 0.867. The molecule has 0 amide bonds. The molecule has 0 radical (unpaired) electrons. The summed E-state index contributed by atoms with van der Waals surface area (Å²) in [6.07, 6.45) is 5.64. The molecule has 0 aliphatic heterocycles. The van der Waals surface area contributed by atoms with Crippen LogP contribution in [0.15, 0.2) is 0 Å². The van der Waals surface area contributed by atoms with Gasteiger partial charge in [-0.15, -0.1) is 0 Å². The van der Waals surface area contributed by atoms with Gasteiger partial charge < -0.3 is 8.85 Å². The van der Waals surface area contributed by atoms with Crippen molar-refractivity contribution in [3.8, 4) is 0 Å². The SMILES string of the molecule is CO[Si](C)(C)O[C@@H]1CCCC[C@H]1I. The second-order valence-corrected chi connectivity index (χ2v) is 9.10. The third kappa shape index (κ3) is 3.85. The summed E-state index contributed by atoms with van der Waals surface area (Å²) < 4.78 is 12.1. The van der Waals surface area contributed by atoms with Gasteiger partial charge in [0.2, 0.25) is 0 Å². The molecule has 1 aliphatic rings. The molecule has 2 atom stereocenters. The van der Waals surface area contributed by atoms with Crippen LogP contribution >= 0.6 is 22.6 Å². The van der Waals surface area contributed by atoms with Gasteiger partial charge in [0.15, 0.2) is 0 Å². The topological polar surface area (TPSA) is 18.5 Å². The third-order valence-corrected chi connectivity index (χ3v) is 5.83. The van der Waals surface area contributed by atoms with Crippen LogP contribution in [0.4, 0.5) is 0 Å². The van der Waals surface area contributed by atoms with Crippen LogP contribution in [0, 0.1) is 0 Å². The summed E-state index contributed by atoms with van der Waals surface area (Å²) in [7, 11) is -0.0501. The van der Waals surface area contributed by atoms with E-state index in [4.69, 9.17) is 8.85 Å². The van der Waals surface area contributed by atoms with E-state index in [-0.39, 0.29) is 0 Å². The highest BCUT2D eigenvalue weighted by Gasteiger charge is 2.32. The van der Waals surface area contributed by atoms with E-state index >= 15 is 0 Å². The highest BCUT2D eigenvalue weighted by Crippen LogP contribution is 2.29. The number of halogens is 1. The fourth-order valence-corrected chi connectivity index (χ4v) is 3.93. The predicted molar refractivity (Wildman–Crippen MR) is 65.6 cm³/mol. The smallest absolute Gasteiger partial charge is 0.331 e. The second-order valence-electron chi connectivity index (χ2n) is 4.06. The van der Waals surface area contributed by atoms with E-state index in [0.717, 1.165) is 0 Å². The molecule has 0 unspecified atom stereocenters. The van der Waals surface area contributed by atoms with Crippen molar-refractivity contribution in [2.75, 3.05) is 7.11 Å². The van der Waals surface area contributed by atoms with E-state index in [1.165, 1.54) is 25.7 Å². The summed E-state index contributed by atoms with van der Waals surface area (Å²) in [5, 5.41) is 0. The Morgan fingerprint density at radius 1 is 1.23 bits per heavy atom. The molecule has 13 heavy (non-hydrogen) atoms. The Bertz CT molecular complexity index is 164. The fraction of sp³-hybridized carbons (Fsp3) is 1.00. The van der Waals surface area contributed by atoms with Crippen molar-refractivity contribution in [2.45, 2.75) is 48.8 Å². The van der Waals surface area contributed by atoms with Crippen LogP contribution < -0.4 is 0 Å². The average molecular weight is 314 g/mol. The molecule has 0 bridgehead atoms. The zero-order chi connectivity index (χ0) is 9.90. The van der Waals surface area contributed by atoms with Gasteiger partial charge in [-0.25, -0.2) is 0 Å². The van der Waals surface area contributed by atoms with Crippen LogP contribution in [-0.2, 0) is 8.85 Å². The first-order valence-corrected chi connectivity index (χ1v) is 8.98. The lowest BCUT2D eigenvalue weighted by molar-refractivity contribution is 0.114. The van der Waals surface area contributed by atoms with Gasteiger partial charge in [0.1, 0.15) is 0 Å². The highest BCUT2D eigenvalue weighted by atomic mass is 127. The largest absolute Gasteiger partial charge is 0.398 e. The molecule has 78 valence electrons. The number of hydrogen-bond donors (Lipinski definition) is 0. The van der Waals surface area contributed by atoms with Crippen LogP contribution in [0.5, 0.6) is 0 Å². The van der Waals surface area contributed by atoms with E-state index in [9.17, 15) is 0 Å². The van der Waals surface area contributed by atoms with Crippen LogP contribution in [0.2, 0.25) is 13.1 Å². The lowest BCUT2D eigenvalue weighted by Gasteiger charge is -2.33. The summed E-state index contributed by atoms with van der Waals surface area (Å²) >= 11 is 2.52. The molecule has 0 saturated heterocycles. The maximum absolute atomic E-state index is 6.05. The lowest BCUT2D eigenvalue weighted by atomic mass is 9.98. The summed E-state index contributed by atoms with van der Waals surface area (Å²) in [5.74, 6) is 0. The molecule has 1 aliphatic carbocycles. The Balaban J connectivity index is 2.42. The van der Waals surface area contributed by atoms with E-state index < -0.39 is 8.56 Å². The van der Waals surface area contributed by atoms with Gasteiger partial charge in [0, 0.05) is 11.0 Å². The molecule has 1 saturated carbocycles. The van der Waals surface area contributed by atoms with Crippen LogP contribution in [0.3, 0.4) is 0 Å². The Morgan fingerprint density at radius 2 is 1.85 bits per heavy atom. The molecule has 1 rings (SSSR count). The van der Waals surface area contributed by atoms with Crippen LogP contribution in [0.1, 0.15) is 25.7 Å². The first-order valence-electron chi connectivity index (χ1n) is 4.92. The number of rotatable bonds is 3. The molecule has 0 N–H and O–H groups in total. The lowest BCUT2D eigenvalue weighted by Crippen LogP contribution is -2.42. The normalized spacial score (nSPS) is 30.5. The number of hydrogen-bond acceptors (Lipinski definition) is 2. The summed E-state index contributed by atoms with van der Waals surface area (Å²) in [6.45, 7) is 4.23. The van der Waals surface area contributed by atoms with Crippen LogP contribution in [-0.4, -0.2) is 25.7 Å². The summed E-state index contributed by atoms with van der Waals surface area (Å²) in [5.41, 5.74) is 0. The van der Waals surface area contributed by atoms with Crippen molar-refractivity contribution in [2.24, 2.45) is 0 Å². The maximum Gasteiger partial charge on any atom is 0.331 e. The molecule has 0 aromatic carbocycles.